The van der Waals surface area contributed by atoms with Crippen molar-refractivity contribution in [3.63, 3.8) is 0 Å². The fourth-order valence-electron chi connectivity index (χ4n) is 11.2. The third-order valence-corrected chi connectivity index (χ3v) is 16.8. The Balaban J connectivity index is 1.67. The summed E-state index contributed by atoms with van der Waals surface area (Å²) in [5.74, 6) is -0.244. The van der Waals surface area contributed by atoms with Crippen molar-refractivity contribution in [3.05, 3.63) is 97.2 Å². The first kappa shape index (κ1) is 81.0. The molecule has 12 atom stereocenters. The molecule has 0 aromatic rings. The third kappa shape index (κ3) is 41.4. The lowest BCUT2D eigenvalue weighted by atomic mass is 9.97. The molecule has 0 aromatic carbocycles. The average molecular weight is 1240 g/mol. The van der Waals surface area contributed by atoms with Crippen LogP contribution in [-0.4, -0.2) is 140 Å². The summed E-state index contributed by atoms with van der Waals surface area (Å²) in [5, 5.41) is 87.5. The zero-order valence-corrected chi connectivity index (χ0v) is 55.2. The molecule has 14 heteroatoms. The van der Waals surface area contributed by atoms with E-state index in [1.165, 1.54) is 154 Å². The van der Waals surface area contributed by atoms with Crippen molar-refractivity contribution >= 4 is 5.91 Å². The van der Waals surface area contributed by atoms with Crippen LogP contribution in [0.2, 0.25) is 0 Å². The van der Waals surface area contributed by atoms with Gasteiger partial charge in [-0.15, -0.1) is 0 Å². The van der Waals surface area contributed by atoms with Gasteiger partial charge in [0.15, 0.2) is 12.6 Å². The number of hydrogen-bond donors (Lipinski definition) is 9. The molecule has 2 saturated heterocycles. The second-order valence-corrected chi connectivity index (χ2v) is 24.6. The van der Waals surface area contributed by atoms with Crippen LogP contribution >= 0.6 is 0 Å². The Morgan fingerprint density at radius 3 is 1.20 bits per heavy atom. The first-order valence-electron chi connectivity index (χ1n) is 35.5. The van der Waals surface area contributed by atoms with Gasteiger partial charge in [0.25, 0.3) is 0 Å². The highest BCUT2D eigenvalue weighted by Crippen LogP contribution is 2.30. The van der Waals surface area contributed by atoms with Gasteiger partial charge in [-0.2, -0.15) is 0 Å². The number of hydrogen-bond acceptors (Lipinski definition) is 13. The molecule has 2 rings (SSSR count). The van der Waals surface area contributed by atoms with Crippen LogP contribution in [0.3, 0.4) is 0 Å². The molecule has 12 unspecified atom stereocenters. The van der Waals surface area contributed by atoms with Gasteiger partial charge in [-0.1, -0.05) is 284 Å². The summed E-state index contributed by atoms with van der Waals surface area (Å²) < 4.78 is 22.9. The van der Waals surface area contributed by atoms with E-state index in [0.717, 1.165) is 89.9 Å². The van der Waals surface area contributed by atoms with E-state index in [0.29, 0.717) is 6.42 Å². The largest absolute Gasteiger partial charge is 0.394 e. The molecule has 2 aliphatic heterocycles. The molecule has 1 amide bonds. The summed E-state index contributed by atoms with van der Waals surface area (Å²) in [4.78, 5) is 13.3. The number of unbranched alkanes of at least 4 members (excludes halogenated alkanes) is 30. The van der Waals surface area contributed by atoms with Crippen LogP contribution in [0, 0.1) is 0 Å². The molecule has 0 radical (unpaired) electrons. The van der Waals surface area contributed by atoms with Gasteiger partial charge < -0.3 is 65.1 Å². The number of ether oxygens (including phenoxy) is 4. The van der Waals surface area contributed by atoms with Gasteiger partial charge in [-0.25, -0.2) is 0 Å². The van der Waals surface area contributed by atoms with Gasteiger partial charge in [0.05, 0.1) is 32.0 Å². The lowest BCUT2D eigenvalue weighted by molar-refractivity contribution is -0.359. The highest BCUT2D eigenvalue weighted by molar-refractivity contribution is 5.76. The summed E-state index contributed by atoms with van der Waals surface area (Å²) in [5.41, 5.74) is 0. The van der Waals surface area contributed by atoms with Crippen LogP contribution in [0.15, 0.2) is 97.2 Å². The number of amides is 1. The number of nitrogens with one attached hydrogen (secondary N) is 1. The van der Waals surface area contributed by atoms with E-state index in [1.54, 1.807) is 6.08 Å². The smallest absolute Gasteiger partial charge is 0.220 e. The Kier molecular flexibility index (Phi) is 53.2. The van der Waals surface area contributed by atoms with Crippen LogP contribution in [0.4, 0.5) is 0 Å². The maximum atomic E-state index is 13.3. The molecule has 2 fully saturated rings. The van der Waals surface area contributed by atoms with Gasteiger partial charge in [0.2, 0.25) is 5.91 Å². The monoisotopic (exact) mass is 1240 g/mol. The van der Waals surface area contributed by atoms with Crippen LogP contribution in [-0.2, 0) is 23.7 Å². The van der Waals surface area contributed by atoms with Crippen LogP contribution < -0.4 is 5.32 Å². The quantitative estimate of drug-likeness (QED) is 0.0204. The van der Waals surface area contributed by atoms with E-state index in [2.05, 4.69) is 104 Å². The number of allylic oxidation sites excluding steroid dienone is 15. The zero-order chi connectivity index (χ0) is 63.8. The van der Waals surface area contributed by atoms with Gasteiger partial charge in [-0.3, -0.25) is 4.79 Å². The Bertz CT molecular complexity index is 1850. The maximum Gasteiger partial charge on any atom is 0.220 e. The Morgan fingerprint density at radius 1 is 0.420 bits per heavy atom. The highest BCUT2D eigenvalue weighted by Gasteiger charge is 2.51. The first-order chi connectivity index (χ1) is 43.1. The van der Waals surface area contributed by atoms with E-state index in [4.69, 9.17) is 18.9 Å². The summed E-state index contributed by atoms with van der Waals surface area (Å²) in [6, 6.07) is -0.923. The van der Waals surface area contributed by atoms with E-state index in [1.807, 2.05) is 6.08 Å². The lowest BCUT2D eigenvalue weighted by Crippen LogP contribution is -2.65. The fraction of sp³-hybridized carbons (Fsp3) is 0.770. The molecule has 9 N–H and O–H groups in total. The second-order valence-electron chi connectivity index (χ2n) is 24.6. The zero-order valence-electron chi connectivity index (χ0n) is 55.2. The molecule has 0 spiro atoms. The van der Waals surface area contributed by atoms with Crippen molar-refractivity contribution in [2.24, 2.45) is 0 Å². The normalized spacial score (nSPS) is 23.8. The molecule has 2 heterocycles. The number of carbonyl (C=O) groups is 1. The third-order valence-electron chi connectivity index (χ3n) is 16.8. The molecule has 0 saturated carbocycles. The van der Waals surface area contributed by atoms with Crippen LogP contribution in [0.25, 0.3) is 0 Å². The van der Waals surface area contributed by atoms with Gasteiger partial charge >= 0.3 is 0 Å². The molecule has 88 heavy (non-hydrogen) atoms. The minimum Gasteiger partial charge on any atom is -0.394 e. The van der Waals surface area contributed by atoms with E-state index in [-0.39, 0.29) is 18.9 Å². The minimum absolute atomic E-state index is 0.244. The molecule has 0 bridgehead atoms. The highest BCUT2D eigenvalue weighted by atomic mass is 16.7. The van der Waals surface area contributed by atoms with Crippen LogP contribution in [0.1, 0.15) is 271 Å². The molecule has 0 aliphatic carbocycles. The molecule has 0 aromatic heterocycles. The molecule has 508 valence electrons. The number of carbonyl (C=O) groups excluding carboxylic acids is 1. The van der Waals surface area contributed by atoms with Crippen molar-refractivity contribution in [1.29, 1.82) is 0 Å². The standard InChI is InChI=1S/C74H129NO13/c1-3-5-7-9-11-13-15-17-19-21-23-25-26-27-28-29-30-31-32-33-34-35-36-38-40-42-44-46-48-50-52-54-56-58-66(79)75-62(63(78)57-55-53-51-49-47-45-43-41-39-37-24-22-20-18-16-14-12-10-8-6-4-2)61-85-73-71(84)69(82)72(65(60-77)87-73)88-74-70(83)68(81)67(80)64(59-76)86-74/h5,7,11,13,17,19,23,25,27-28,30-31,33-34,55,57,62-65,67-74,76-78,80-84H,3-4,6,8-10,12,14-16,18,20-22,24,26,29,32,35-54,56,58-61H2,1-2H3,(H,75,79)/b7-5-,13-11-,19-17-,25-23-,28-27-,31-30-,34-33-,57-55+. The molecule has 2 aliphatic rings. The number of rotatable bonds is 57. The van der Waals surface area contributed by atoms with E-state index in [9.17, 15) is 45.6 Å². The average Bonchev–Trinajstić information content (AvgIpc) is 2.07. The van der Waals surface area contributed by atoms with Gasteiger partial charge in [-0.05, 0) is 77.0 Å². The molecular formula is C74H129NO13. The van der Waals surface area contributed by atoms with Crippen molar-refractivity contribution < 1.29 is 64.6 Å². The first-order valence-corrected chi connectivity index (χ1v) is 35.5. The fourth-order valence-corrected chi connectivity index (χ4v) is 11.2. The topological polar surface area (TPSA) is 228 Å². The van der Waals surface area contributed by atoms with E-state index < -0.39 is 86.8 Å². The van der Waals surface area contributed by atoms with Gasteiger partial charge in [0, 0.05) is 6.42 Å². The van der Waals surface area contributed by atoms with E-state index >= 15 is 0 Å². The lowest BCUT2D eigenvalue weighted by Gasteiger charge is -2.46. The summed E-state index contributed by atoms with van der Waals surface area (Å²) >= 11 is 0. The van der Waals surface area contributed by atoms with Crippen molar-refractivity contribution in [3.8, 4) is 0 Å². The maximum absolute atomic E-state index is 13.3. The van der Waals surface area contributed by atoms with Crippen molar-refractivity contribution in [2.75, 3.05) is 19.8 Å². The summed E-state index contributed by atoms with van der Waals surface area (Å²) in [7, 11) is 0. The van der Waals surface area contributed by atoms with Crippen LogP contribution in [0.5, 0.6) is 0 Å². The number of aliphatic hydroxyl groups excluding tert-OH is 8. The van der Waals surface area contributed by atoms with Gasteiger partial charge in [0.1, 0.15) is 48.8 Å². The molecule has 14 nitrogen and oxygen atoms in total. The molecular weight excluding hydrogens is 1110 g/mol. The summed E-state index contributed by atoms with van der Waals surface area (Å²) in [6.45, 7) is 2.70. The Labute approximate surface area is 534 Å². The predicted molar refractivity (Wildman–Crippen MR) is 359 cm³/mol. The number of aliphatic hydroxyl groups is 8. The Morgan fingerprint density at radius 2 is 0.784 bits per heavy atom. The van der Waals surface area contributed by atoms with Crippen molar-refractivity contribution in [1.82, 2.24) is 5.32 Å². The Hall–Kier alpha value is -3.09. The predicted octanol–water partition coefficient (Wildman–Crippen LogP) is 14.6. The second kappa shape index (κ2) is 57.8. The summed E-state index contributed by atoms with van der Waals surface area (Å²) in [6.07, 6.45) is 64.5. The SMILES string of the molecule is CC/C=C\C/C=C\C/C=C\C/C=C\C/C=C\C/C=C\C/C=C\CCCCCCCCCCCCCC(=O)NC(COC1OC(CO)C(OC2OC(CO)C(O)C(O)C2O)C(O)C1O)C(O)/C=C/CCCCCCCCCCCCCCCCCCCCC. The minimum atomic E-state index is -1.79. The van der Waals surface area contributed by atoms with Crippen molar-refractivity contribution in [2.45, 2.75) is 344 Å².